The first kappa shape index (κ1) is 23.5. The summed E-state index contributed by atoms with van der Waals surface area (Å²) < 4.78 is 15.4. The number of pyridine rings is 1. The van der Waals surface area contributed by atoms with Gasteiger partial charge in [0.25, 0.3) is 0 Å². The van der Waals surface area contributed by atoms with Crippen LogP contribution in [-0.4, -0.2) is 56.6 Å². The molecule has 1 fully saturated rings. The Kier molecular flexibility index (Phi) is 6.28. The van der Waals surface area contributed by atoms with Crippen molar-refractivity contribution in [2.45, 2.75) is 51.5 Å². The van der Waals surface area contributed by atoms with Gasteiger partial charge in [-0.05, 0) is 69.4 Å². The molecule has 0 bridgehead atoms. The number of aromatic nitrogens is 6. The molecule has 1 saturated heterocycles. The second-order valence-corrected chi connectivity index (χ2v) is 9.83. The summed E-state index contributed by atoms with van der Waals surface area (Å²) in [6.45, 7) is 5.02. The summed E-state index contributed by atoms with van der Waals surface area (Å²) in [5.41, 5.74) is 4.89. The fourth-order valence-corrected chi connectivity index (χ4v) is 5.55. The van der Waals surface area contributed by atoms with Crippen molar-refractivity contribution in [3.8, 4) is 28.8 Å². The molecule has 1 atom stereocenters. The van der Waals surface area contributed by atoms with Crippen LogP contribution in [0.4, 0.5) is 5.69 Å². The van der Waals surface area contributed by atoms with E-state index < -0.39 is 0 Å². The highest BCUT2D eigenvalue weighted by atomic mass is 16.5. The van der Waals surface area contributed by atoms with Crippen molar-refractivity contribution in [1.82, 2.24) is 29.3 Å². The van der Waals surface area contributed by atoms with E-state index in [0.29, 0.717) is 17.4 Å². The molecule has 4 aromatic rings. The minimum atomic E-state index is 0.116. The Bertz CT molecular complexity index is 1400. The average Bonchev–Trinajstić information content (AvgIpc) is 3.59. The summed E-state index contributed by atoms with van der Waals surface area (Å²) in [4.78, 5) is 16.6. The number of nitrogens with zero attached hydrogens (tertiary/aromatic N) is 7. The summed E-state index contributed by atoms with van der Waals surface area (Å²) in [5, 5.41) is 4.86. The number of ether oxygens (including phenoxy) is 2. The highest BCUT2D eigenvalue weighted by molar-refractivity contribution is 5.58. The number of piperidine rings is 1. The second kappa shape index (κ2) is 9.88. The van der Waals surface area contributed by atoms with Crippen LogP contribution in [0.5, 0.6) is 11.6 Å². The van der Waals surface area contributed by atoms with E-state index in [-0.39, 0.29) is 5.92 Å². The monoisotopic (exact) mass is 499 g/mol. The Labute approximate surface area is 217 Å². The molecule has 0 aliphatic carbocycles. The molecule has 37 heavy (non-hydrogen) atoms. The Morgan fingerprint density at radius 3 is 2.54 bits per heavy atom. The van der Waals surface area contributed by atoms with E-state index in [1.54, 1.807) is 20.5 Å². The average molecular weight is 500 g/mol. The fourth-order valence-electron chi connectivity index (χ4n) is 5.55. The minimum Gasteiger partial charge on any atom is -0.496 e. The molecule has 192 valence electrons. The molecule has 0 N–H and O–H groups in total. The van der Waals surface area contributed by atoms with Crippen molar-refractivity contribution in [2.24, 2.45) is 0 Å². The molecular weight excluding hydrogens is 466 g/mol. The van der Waals surface area contributed by atoms with E-state index in [2.05, 4.69) is 28.1 Å². The van der Waals surface area contributed by atoms with E-state index >= 15 is 0 Å². The number of benzene rings is 1. The van der Waals surface area contributed by atoms with Crippen LogP contribution in [0.1, 0.15) is 55.1 Å². The van der Waals surface area contributed by atoms with Crippen LogP contribution in [0.15, 0.2) is 42.9 Å². The Hall–Kier alpha value is -3.88. The number of hydrogen-bond donors (Lipinski definition) is 0. The van der Waals surface area contributed by atoms with Crippen molar-refractivity contribution in [3.05, 3.63) is 59.9 Å². The third-order valence-electron chi connectivity index (χ3n) is 7.44. The molecule has 3 aromatic heterocycles. The molecule has 0 unspecified atom stereocenters. The van der Waals surface area contributed by atoms with Gasteiger partial charge in [-0.3, -0.25) is 0 Å². The zero-order valence-corrected chi connectivity index (χ0v) is 21.7. The van der Waals surface area contributed by atoms with E-state index in [1.165, 1.54) is 30.5 Å². The molecule has 6 rings (SSSR count). The summed E-state index contributed by atoms with van der Waals surface area (Å²) in [7, 11) is 3.38. The Morgan fingerprint density at radius 2 is 1.78 bits per heavy atom. The van der Waals surface area contributed by atoms with Gasteiger partial charge in [0, 0.05) is 43.0 Å². The first-order valence-corrected chi connectivity index (χ1v) is 13.1. The lowest BCUT2D eigenvalue weighted by Crippen LogP contribution is -2.29. The van der Waals surface area contributed by atoms with E-state index in [9.17, 15) is 0 Å². The molecule has 0 amide bonds. The number of hydrogen-bond acceptors (Lipinski definition) is 7. The molecule has 0 saturated carbocycles. The standard InChI is InChI=1S/C28H33N7O2/c1-19-17-34(18-29-19)24-11-10-23(30-28(24)37-3)26-31-27-21(8-7-15-35(27)32-26)22-16-20(9-12-25(22)36-2)33-13-5-4-6-14-33/h9-12,16-18,21H,4-8,13-15H2,1-3H3/t21-/m0/s1. The topological polar surface area (TPSA) is 83.1 Å². The number of aryl methyl sites for hydroxylation is 2. The van der Waals surface area contributed by atoms with Gasteiger partial charge < -0.3 is 18.9 Å². The van der Waals surface area contributed by atoms with Crippen LogP contribution in [0.3, 0.4) is 0 Å². The fraction of sp³-hybridized carbons (Fsp3) is 0.429. The molecule has 2 aliphatic heterocycles. The van der Waals surface area contributed by atoms with Gasteiger partial charge in [0.15, 0.2) is 5.82 Å². The maximum atomic E-state index is 5.82. The molecule has 5 heterocycles. The van der Waals surface area contributed by atoms with Gasteiger partial charge in [-0.25, -0.2) is 19.6 Å². The summed E-state index contributed by atoms with van der Waals surface area (Å²) in [6, 6.07) is 10.5. The van der Waals surface area contributed by atoms with E-state index in [0.717, 1.165) is 55.4 Å². The SMILES string of the molecule is COc1ccc(N2CCCCC2)cc1[C@@H]1CCCn2nc(-c3ccc(-n4cnc(C)c4)c(OC)n3)nc21. The Morgan fingerprint density at radius 1 is 0.919 bits per heavy atom. The number of rotatable bonds is 6. The minimum absolute atomic E-state index is 0.116. The van der Waals surface area contributed by atoms with Crippen LogP contribution < -0.4 is 14.4 Å². The van der Waals surface area contributed by atoms with E-state index in [1.807, 2.05) is 34.5 Å². The lowest BCUT2D eigenvalue weighted by Gasteiger charge is -2.31. The molecule has 0 radical (unpaired) electrons. The van der Waals surface area contributed by atoms with Crippen molar-refractivity contribution in [2.75, 3.05) is 32.2 Å². The predicted octanol–water partition coefficient (Wildman–Crippen LogP) is 4.77. The van der Waals surface area contributed by atoms with Gasteiger partial charge >= 0.3 is 0 Å². The zero-order chi connectivity index (χ0) is 25.4. The van der Waals surface area contributed by atoms with Gasteiger partial charge in [0.05, 0.1) is 26.2 Å². The van der Waals surface area contributed by atoms with Crippen molar-refractivity contribution in [1.29, 1.82) is 0 Å². The van der Waals surface area contributed by atoms with Crippen LogP contribution in [0.25, 0.3) is 17.2 Å². The van der Waals surface area contributed by atoms with Gasteiger partial charge in [-0.1, -0.05) is 0 Å². The quantitative estimate of drug-likeness (QED) is 0.378. The van der Waals surface area contributed by atoms with Crippen LogP contribution >= 0.6 is 0 Å². The van der Waals surface area contributed by atoms with Gasteiger partial charge in [-0.2, -0.15) is 0 Å². The van der Waals surface area contributed by atoms with Gasteiger partial charge in [0.1, 0.15) is 23.0 Å². The van der Waals surface area contributed by atoms with Crippen LogP contribution in [0.2, 0.25) is 0 Å². The lowest BCUT2D eigenvalue weighted by atomic mass is 9.90. The summed E-state index contributed by atoms with van der Waals surface area (Å²) in [6.07, 6.45) is 9.56. The predicted molar refractivity (Wildman–Crippen MR) is 142 cm³/mol. The van der Waals surface area contributed by atoms with Crippen LogP contribution in [-0.2, 0) is 6.54 Å². The highest BCUT2D eigenvalue weighted by Crippen LogP contribution is 2.40. The lowest BCUT2D eigenvalue weighted by molar-refractivity contribution is 0.393. The number of anilines is 1. The first-order chi connectivity index (χ1) is 18.1. The third-order valence-corrected chi connectivity index (χ3v) is 7.44. The summed E-state index contributed by atoms with van der Waals surface area (Å²) in [5.74, 6) is 3.11. The zero-order valence-electron chi connectivity index (χ0n) is 21.7. The maximum absolute atomic E-state index is 5.82. The Balaban J connectivity index is 1.36. The number of methoxy groups -OCH3 is 2. The molecule has 9 heteroatoms. The molecule has 2 aliphatic rings. The van der Waals surface area contributed by atoms with Crippen molar-refractivity contribution < 1.29 is 9.47 Å². The van der Waals surface area contributed by atoms with Crippen molar-refractivity contribution in [3.63, 3.8) is 0 Å². The molecule has 0 spiro atoms. The normalized spacial score (nSPS) is 17.5. The van der Waals surface area contributed by atoms with Gasteiger partial charge in [0.2, 0.25) is 5.88 Å². The van der Waals surface area contributed by atoms with Gasteiger partial charge in [-0.15, -0.1) is 5.10 Å². The third kappa shape index (κ3) is 4.43. The summed E-state index contributed by atoms with van der Waals surface area (Å²) >= 11 is 0. The highest BCUT2D eigenvalue weighted by Gasteiger charge is 2.29. The molecular formula is C28H33N7O2. The van der Waals surface area contributed by atoms with E-state index in [4.69, 9.17) is 24.5 Å². The number of fused-ring (bicyclic) bond motifs is 1. The number of imidazole rings is 1. The largest absolute Gasteiger partial charge is 0.496 e. The maximum Gasteiger partial charge on any atom is 0.238 e. The van der Waals surface area contributed by atoms with Crippen LogP contribution in [0, 0.1) is 6.92 Å². The first-order valence-electron chi connectivity index (χ1n) is 13.1. The van der Waals surface area contributed by atoms with Crippen molar-refractivity contribution >= 4 is 5.69 Å². The molecule has 1 aromatic carbocycles. The molecule has 9 nitrogen and oxygen atoms in total. The second-order valence-electron chi connectivity index (χ2n) is 9.83. The smallest absolute Gasteiger partial charge is 0.238 e.